The number of benzene rings is 2. The molecule has 3 rings (SSSR count). The molecule has 0 spiro atoms. The van der Waals surface area contributed by atoms with Crippen LogP contribution in [-0.2, 0) is 22.7 Å². The Morgan fingerprint density at radius 3 is 2.19 bits per heavy atom. The number of hydrogen-bond donors (Lipinski definition) is 2. The second-order valence-electron chi connectivity index (χ2n) is 5.83. The van der Waals surface area contributed by atoms with E-state index in [4.69, 9.17) is 9.47 Å². The van der Waals surface area contributed by atoms with E-state index in [9.17, 15) is 24.6 Å². The highest BCUT2D eigenvalue weighted by Gasteiger charge is 2.36. The average molecular weight is 356 g/mol. The van der Waals surface area contributed by atoms with Crippen LogP contribution in [0.4, 0.5) is 0 Å². The summed E-state index contributed by atoms with van der Waals surface area (Å²) in [5.41, 5.74) is 0.426. The molecule has 2 N–H and O–H groups in total. The minimum absolute atomic E-state index is 0.0536. The number of ether oxygens (including phenoxy) is 2. The Morgan fingerprint density at radius 2 is 1.58 bits per heavy atom. The number of rotatable bonds is 5. The summed E-state index contributed by atoms with van der Waals surface area (Å²) in [4.78, 5) is 37.6. The zero-order valence-electron chi connectivity index (χ0n) is 14.2. The highest BCUT2D eigenvalue weighted by molar-refractivity contribution is 6.30. The van der Waals surface area contributed by atoms with Crippen molar-refractivity contribution >= 4 is 17.5 Å². The predicted octanol–water partition coefficient (Wildman–Crippen LogP) is 2.16. The van der Waals surface area contributed by atoms with Gasteiger partial charge in [-0.3, -0.25) is 9.59 Å². The summed E-state index contributed by atoms with van der Waals surface area (Å²) in [5.74, 6) is -2.64. The van der Waals surface area contributed by atoms with Crippen LogP contribution in [0.5, 0.6) is 5.75 Å². The van der Waals surface area contributed by atoms with Crippen LogP contribution in [0.25, 0.3) is 0 Å². The molecule has 1 aliphatic carbocycles. The summed E-state index contributed by atoms with van der Waals surface area (Å²) in [6.45, 7) is -0.114. The summed E-state index contributed by atoms with van der Waals surface area (Å²) in [6.07, 6.45) is 0. The molecule has 0 atom stereocenters. The Labute approximate surface area is 148 Å². The van der Waals surface area contributed by atoms with Crippen LogP contribution < -0.4 is 0 Å². The molecule has 2 aromatic carbocycles. The van der Waals surface area contributed by atoms with Gasteiger partial charge in [-0.1, -0.05) is 12.1 Å². The SMILES string of the molecule is COCc1c(C(=O)O)cc2c(c1COC)C(=O)c1cccc(O)c1C2=O. The monoisotopic (exact) mass is 356 g/mol. The van der Waals surface area contributed by atoms with Crippen molar-refractivity contribution in [1.29, 1.82) is 0 Å². The molecule has 0 aromatic heterocycles. The lowest BCUT2D eigenvalue weighted by Crippen LogP contribution is -2.25. The zero-order valence-corrected chi connectivity index (χ0v) is 14.2. The number of methoxy groups -OCH3 is 2. The summed E-state index contributed by atoms with van der Waals surface area (Å²) >= 11 is 0. The molecule has 0 fully saturated rings. The van der Waals surface area contributed by atoms with E-state index in [-0.39, 0.29) is 52.3 Å². The molecular weight excluding hydrogens is 340 g/mol. The van der Waals surface area contributed by atoms with Crippen molar-refractivity contribution in [3.05, 3.63) is 63.2 Å². The standard InChI is InChI=1S/C19H16O7/c1-25-7-12-10(19(23)24)6-11-15(13(12)8-26-2)17(21)9-4-3-5-14(20)16(9)18(11)22/h3-6,20H,7-8H2,1-2H3,(H,23,24). The van der Waals surface area contributed by atoms with Gasteiger partial charge in [0.25, 0.3) is 0 Å². The van der Waals surface area contributed by atoms with Crippen molar-refractivity contribution in [2.45, 2.75) is 13.2 Å². The van der Waals surface area contributed by atoms with Crippen molar-refractivity contribution in [3.63, 3.8) is 0 Å². The van der Waals surface area contributed by atoms with Gasteiger partial charge in [0.15, 0.2) is 11.6 Å². The van der Waals surface area contributed by atoms with Crippen molar-refractivity contribution in [2.75, 3.05) is 14.2 Å². The third-order valence-corrected chi connectivity index (χ3v) is 4.34. The largest absolute Gasteiger partial charge is 0.507 e. The van der Waals surface area contributed by atoms with Gasteiger partial charge in [0.05, 0.1) is 24.3 Å². The fourth-order valence-corrected chi connectivity index (χ4v) is 3.26. The quantitative estimate of drug-likeness (QED) is 0.721. The maximum Gasteiger partial charge on any atom is 0.336 e. The van der Waals surface area contributed by atoms with Crippen LogP contribution in [0.3, 0.4) is 0 Å². The lowest BCUT2D eigenvalue weighted by Gasteiger charge is -2.24. The number of carboxylic acid groups (broad SMARTS) is 1. The molecule has 0 bridgehead atoms. The minimum Gasteiger partial charge on any atom is -0.507 e. The van der Waals surface area contributed by atoms with Gasteiger partial charge < -0.3 is 19.7 Å². The number of carbonyl (C=O) groups is 3. The van der Waals surface area contributed by atoms with Crippen molar-refractivity contribution < 1.29 is 34.1 Å². The van der Waals surface area contributed by atoms with Crippen LogP contribution in [0.1, 0.15) is 53.3 Å². The Morgan fingerprint density at radius 1 is 0.962 bits per heavy atom. The number of carboxylic acids is 1. The van der Waals surface area contributed by atoms with Crippen LogP contribution in [0, 0.1) is 0 Å². The summed E-state index contributed by atoms with van der Waals surface area (Å²) in [6, 6.07) is 5.40. The van der Waals surface area contributed by atoms with E-state index >= 15 is 0 Å². The number of ketones is 2. The number of aromatic hydroxyl groups is 1. The van der Waals surface area contributed by atoms with E-state index in [0.29, 0.717) is 5.56 Å². The molecule has 0 radical (unpaired) electrons. The minimum atomic E-state index is -1.25. The molecule has 0 heterocycles. The van der Waals surface area contributed by atoms with E-state index in [0.717, 1.165) is 0 Å². The van der Waals surface area contributed by atoms with Gasteiger partial charge in [0.1, 0.15) is 5.75 Å². The van der Waals surface area contributed by atoms with E-state index in [1.54, 1.807) is 0 Å². The third kappa shape index (κ3) is 2.58. The number of aromatic carboxylic acids is 1. The van der Waals surface area contributed by atoms with Gasteiger partial charge in [-0.25, -0.2) is 4.79 Å². The molecule has 1 aliphatic rings. The first-order valence-electron chi connectivity index (χ1n) is 7.73. The van der Waals surface area contributed by atoms with Crippen LogP contribution >= 0.6 is 0 Å². The zero-order chi connectivity index (χ0) is 19.0. The highest BCUT2D eigenvalue weighted by Crippen LogP contribution is 2.36. The topological polar surface area (TPSA) is 110 Å². The molecule has 7 nitrogen and oxygen atoms in total. The number of fused-ring (bicyclic) bond motifs is 2. The Hall–Kier alpha value is -3.03. The Kier molecular flexibility index (Phi) is 4.58. The van der Waals surface area contributed by atoms with Crippen molar-refractivity contribution in [3.8, 4) is 5.75 Å². The fraction of sp³-hybridized carbons (Fsp3) is 0.211. The maximum atomic E-state index is 13.0. The molecule has 0 saturated carbocycles. The molecule has 26 heavy (non-hydrogen) atoms. The first kappa shape index (κ1) is 17.8. The molecule has 0 amide bonds. The smallest absolute Gasteiger partial charge is 0.336 e. The van der Waals surface area contributed by atoms with Gasteiger partial charge >= 0.3 is 5.97 Å². The number of phenolic OH excluding ortho intramolecular Hbond substituents is 1. The van der Waals surface area contributed by atoms with E-state index in [2.05, 4.69) is 0 Å². The van der Waals surface area contributed by atoms with Gasteiger partial charge in [-0.15, -0.1) is 0 Å². The maximum absolute atomic E-state index is 13.0. The lowest BCUT2D eigenvalue weighted by atomic mass is 9.79. The third-order valence-electron chi connectivity index (χ3n) is 4.34. The first-order valence-corrected chi connectivity index (χ1v) is 7.73. The predicted molar refractivity (Wildman–Crippen MR) is 89.8 cm³/mol. The summed E-state index contributed by atoms with van der Waals surface area (Å²) in [5, 5.41) is 19.6. The second-order valence-corrected chi connectivity index (χ2v) is 5.83. The second kappa shape index (κ2) is 6.70. The van der Waals surface area contributed by atoms with Gasteiger partial charge in [0.2, 0.25) is 0 Å². The van der Waals surface area contributed by atoms with Gasteiger partial charge in [-0.05, 0) is 23.3 Å². The Balaban J connectivity index is 2.40. The molecule has 134 valence electrons. The summed E-state index contributed by atoms with van der Waals surface area (Å²) < 4.78 is 10.2. The molecule has 2 aromatic rings. The molecule has 7 heteroatoms. The van der Waals surface area contributed by atoms with E-state index in [1.807, 2.05) is 0 Å². The van der Waals surface area contributed by atoms with E-state index in [1.165, 1.54) is 38.5 Å². The number of carbonyl (C=O) groups excluding carboxylic acids is 2. The normalized spacial score (nSPS) is 12.7. The summed E-state index contributed by atoms with van der Waals surface area (Å²) in [7, 11) is 2.81. The molecular formula is C19H16O7. The fourth-order valence-electron chi connectivity index (χ4n) is 3.26. The van der Waals surface area contributed by atoms with Gasteiger partial charge in [-0.2, -0.15) is 0 Å². The van der Waals surface area contributed by atoms with E-state index < -0.39 is 17.5 Å². The number of hydrogen-bond acceptors (Lipinski definition) is 6. The van der Waals surface area contributed by atoms with Crippen LogP contribution in [0.15, 0.2) is 24.3 Å². The van der Waals surface area contributed by atoms with Crippen molar-refractivity contribution in [2.24, 2.45) is 0 Å². The molecule has 0 unspecified atom stereocenters. The highest BCUT2D eigenvalue weighted by atomic mass is 16.5. The van der Waals surface area contributed by atoms with Crippen LogP contribution in [-0.4, -0.2) is 42.0 Å². The van der Waals surface area contributed by atoms with Crippen molar-refractivity contribution in [1.82, 2.24) is 0 Å². The average Bonchev–Trinajstić information content (AvgIpc) is 2.60. The van der Waals surface area contributed by atoms with Crippen LogP contribution in [0.2, 0.25) is 0 Å². The lowest BCUT2D eigenvalue weighted by molar-refractivity contribution is 0.0690. The number of phenols is 1. The molecule has 0 saturated heterocycles. The Bertz CT molecular complexity index is 943. The van der Waals surface area contributed by atoms with Gasteiger partial charge in [0, 0.05) is 30.9 Å². The molecule has 0 aliphatic heterocycles. The first-order chi connectivity index (χ1) is 12.4.